The molecule has 0 bridgehead atoms. The molecule has 0 radical (unpaired) electrons. The van der Waals surface area contributed by atoms with E-state index in [-0.39, 0.29) is 0 Å². The van der Waals surface area contributed by atoms with Gasteiger partial charge in [-0.2, -0.15) is 5.26 Å². The maximum absolute atomic E-state index is 8.98. The Morgan fingerprint density at radius 3 is 2.62 bits per heavy atom. The van der Waals surface area contributed by atoms with Gasteiger partial charge in [-0.1, -0.05) is 19.3 Å². The first-order valence-electron chi connectivity index (χ1n) is 8.18. The molecular weight excluding hydrogens is 260 g/mol. The summed E-state index contributed by atoms with van der Waals surface area (Å²) < 4.78 is 0. The summed E-state index contributed by atoms with van der Waals surface area (Å²) in [5.74, 6) is 1.87. The van der Waals surface area contributed by atoms with Crippen molar-refractivity contribution in [3.63, 3.8) is 0 Å². The summed E-state index contributed by atoms with van der Waals surface area (Å²) in [6, 6.07) is 5.86. The molecule has 2 fully saturated rings. The van der Waals surface area contributed by atoms with E-state index in [9.17, 15) is 0 Å². The molecule has 0 atom stereocenters. The first kappa shape index (κ1) is 14.3. The van der Waals surface area contributed by atoms with Crippen LogP contribution in [0.25, 0.3) is 0 Å². The van der Waals surface area contributed by atoms with Crippen LogP contribution in [-0.2, 0) is 0 Å². The second-order valence-corrected chi connectivity index (χ2v) is 6.31. The zero-order chi connectivity index (χ0) is 14.5. The number of aromatic nitrogens is 1. The normalized spacial score (nSPS) is 21.2. The van der Waals surface area contributed by atoms with Gasteiger partial charge in [0, 0.05) is 38.9 Å². The van der Waals surface area contributed by atoms with Gasteiger partial charge in [-0.15, -0.1) is 0 Å². The summed E-state index contributed by atoms with van der Waals surface area (Å²) in [6.07, 6.45) is 8.87. The molecule has 1 aromatic heterocycles. The van der Waals surface area contributed by atoms with Crippen LogP contribution in [0.15, 0.2) is 18.3 Å². The first-order chi connectivity index (χ1) is 10.3. The van der Waals surface area contributed by atoms with E-state index in [0.717, 1.165) is 37.9 Å². The highest BCUT2D eigenvalue weighted by Crippen LogP contribution is 2.25. The van der Waals surface area contributed by atoms with E-state index in [1.54, 1.807) is 12.3 Å². The quantitative estimate of drug-likeness (QED) is 0.856. The zero-order valence-electron chi connectivity index (χ0n) is 12.7. The van der Waals surface area contributed by atoms with Crippen molar-refractivity contribution in [2.45, 2.75) is 32.1 Å². The Labute approximate surface area is 127 Å². The lowest BCUT2D eigenvalue weighted by Crippen LogP contribution is -2.48. The van der Waals surface area contributed by atoms with E-state index in [0.29, 0.717) is 5.56 Å². The smallest absolute Gasteiger partial charge is 0.129 e. The van der Waals surface area contributed by atoms with Crippen LogP contribution in [0.4, 0.5) is 5.82 Å². The average molecular weight is 284 g/mol. The molecular formula is C17H24N4. The van der Waals surface area contributed by atoms with Crippen LogP contribution in [0.3, 0.4) is 0 Å². The van der Waals surface area contributed by atoms with Crippen LogP contribution in [0.2, 0.25) is 0 Å². The summed E-state index contributed by atoms with van der Waals surface area (Å²) in [7, 11) is 0. The molecule has 0 unspecified atom stereocenters. The van der Waals surface area contributed by atoms with Crippen LogP contribution in [0.5, 0.6) is 0 Å². The second-order valence-electron chi connectivity index (χ2n) is 6.31. The van der Waals surface area contributed by atoms with Crippen LogP contribution < -0.4 is 4.90 Å². The Balaban J connectivity index is 1.51. The van der Waals surface area contributed by atoms with E-state index < -0.39 is 0 Å². The Morgan fingerprint density at radius 1 is 1.14 bits per heavy atom. The molecule has 21 heavy (non-hydrogen) atoms. The molecule has 2 heterocycles. The van der Waals surface area contributed by atoms with Crippen molar-refractivity contribution < 1.29 is 0 Å². The third kappa shape index (κ3) is 3.74. The number of nitrogens with zero attached hydrogens (tertiary/aromatic N) is 4. The monoisotopic (exact) mass is 284 g/mol. The van der Waals surface area contributed by atoms with Crippen molar-refractivity contribution in [2.75, 3.05) is 37.6 Å². The molecule has 0 spiro atoms. The van der Waals surface area contributed by atoms with E-state index >= 15 is 0 Å². The molecule has 0 aromatic carbocycles. The molecule has 1 saturated heterocycles. The highest BCUT2D eigenvalue weighted by molar-refractivity contribution is 5.45. The molecule has 1 aliphatic heterocycles. The first-order valence-corrected chi connectivity index (χ1v) is 8.18. The standard InChI is InChI=1S/C17H24N4/c18-13-16-6-7-19-17(12-16)21-10-8-20(9-11-21)14-15-4-2-1-3-5-15/h6-7,12,15H,1-5,8-11,14H2. The minimum atomic E-state index is 0.699. The lowest BCUT2D eigenvalue weighted by Gasteiger charge is -2.37. The highest BCUT2D eigenvalue weighted by Gasteiger charge is 2.22. The molecule has 3 rings (SSSR count). The Morgan fingerprint density at radius 2 is 1.90 bits per heavy atom. The molecule has 1 aliphatic carbocycles. The van der Waals surface area contributed by atoms with E-state index in [4.69, 9.17) is 5.26 Å². The van der Waals surface area contributed by atoms with Crippen LogP contribution in [-0.4, -0.2) is 42.6 Å². The molecule has 1 aromatic rings. The summed E-state index contributed by atoms with van der Waals surface area (Å²) >= 11 is 0. The fourth-order valence-corrected chi connectivity index (χ4v) is 3.56. The van der Waals surface area contributed by atoms with E-state index in [2.05, 4.69) is 20.9 Å². The lowest BCUT2D eigenvalue weighted by atomic mass is 9.89. The molecule has 2 aliphatic rings. The molecule has 4 heteroatoms. The summed E-state index contributed by atoms with van der Waals surface area (Å²) in [6.45, 7) is 5.56. The zero-order valence-corrected chi connectivity index (χ0v) is 12.7. The number of pyridine rings is 1. The second kappa shape index (κ2) is 6.91. The molecule has 0 N–H and O–H groups in total. The summed E-state index contributed by atoms with van der Waals surface area (Å²) in [4.78, 5) is 9.32. The molecule has 1 saturated carbocycles. The Kier molecular flexibility index (Phi) is 4.72. The largest absolute Gasteiger partial charge is 0.354 e. The van der Waals surface area contributed by atoms with Crippen molar-refractivity contribution in [2.24, 2.45) is 5.92 Å². The lowest BCUT2D eigenvalue weighted by molar-refractivity contribution is 0.192. The predicted molar refractivity (Wildman–Crippen MR) is 84.2 cm³/mol. The topological polar surface area (TPSA) is 43.2 Å². The number of hydrogen-bond donors (Lipinski definition) is 0. The summed E-state index contributed by atoms with van der Waals surface area (Å²) in [5.41, 5.74) is 0.699. The number of rotatable bonds is 3. The van der Waals surface area contributed by atoms with Crippen LogP contribution in [0.1, 0.15) is 37.7 Å². The fourth-order valence-electron chi connectivity index (χ4n) is 3.56. The maximum Gasteiger partial charge on any atom is 0.129 e. The van der Waals surface area contributed by atoms with Crippen LogP contribution in [0, 0.1) is 17.2 Å². The highest BCUT2D eigenvalue weighted by atomic mass is 15.3. The minimum absolute atomic E-state index is 0.699. The fraction of sp³-hybridized carbons (Fsp3) is 0.647. The predicted octanol–water partition coefficient (Wildman–Crippen LogP) is 2.66. The van der Waals surface area contributed by atoms with Gasteiger partial charge in [-0.05, 0) is 30.9 Å². The van der Waals surface area contributed by atoms with Crippen LogP contribution >= 0.6 is 0 Å². The maximum atomic E-state index is 8.98. The van der Waals surface area contributed by atoms with Gasteiger partial charge in [0.1, 0.15) is 5.82 Å². The molecule has 0 amide bonds. The number of hydrogen-bond acceptors (Lipinski definition) is 4. The van der Waals surface area contributed by atoms with Crippen molar-refractivity contribution in [3.8, 4) is 6.07 Å². The minimum Gasteiger partial charge on any atom is -0.354 e. The van der Waals surface area contributed by atoms with Gasteiger partial charge in [-0.25, -0.2) is 4.98 Å². The van der Waals surface area contributed by atoms with Crippen molar-refractivity contribution in [3.05, 3.63) is 23.9 Å². The van der Waals surface area contributed by atoms with Gasteiger partial charge in [-0.3, -0.25) is 4.90 Å². The average Bonchev–Trinajstić information content (AvgIpc) is 2.56. The number of anilines is 1. The van der Waals surface area contributed by atoms with E-state index in [1.165, 1.54) is 38.6 Å². The van der Waals surface area contributed by atoms with Crippen molar-refractivity contribution in [1.82, 2.24) is 9.88 Å². The van der Waals surface area contributed by atoms with Gasteiger partial charge in [0.2, 0.25) is 0 Å². The van der Waals surface area contributed by atoms with Crippen molar-refractivity contribution >= 4 is 5.82 Å². The number of nitriles is 1. The third-order valence-electron chi connectivity index (χ3n) is 4.81. The van der Waals surface area contributed by atoms with E-state index in [1.807, 2.05) is 6.07 Å². The SMILES string of the molecule is N#Cc1ccnc(N2CCN(CC3CCCCC3)CC2)c1. The Bertz CT molecular complexity index is 494. The van der Waals surface area contributed by atoms with Gasteiger partial charge in [0.05, 0.1) is 11.6 Å². The van der Waals surface area contributed by atoms with Gasteiger partial charge in [0.15, 0.2) is 0 Å². The summed E-state index contributed by atoms with van der Waals surface area (Å²) in [5, 5.41) is 8.98. The van der Waals surface area contributed by atoms with Gasteiger partial charge < -0.3 is 4.90 Å². The van der Waals surface area contributed by atoms with Gasteiger partial charge >= 0.3 is 0 Å². The molecule has 4 nitrogen and oxygen atoms in total. The van der Waals surface area contributed by atoms with Crippen molar-refractivity contribution in [1.29, 1.82) is 5.26 Å². The van der Waals surface area contributed by atoms with Gasteiger partial charge in [0.25, 0.3) is 0 Å². The number of piperazine rings is 1. The Hall–Kier alpha value is -1.60. The third-order valence-corrected chi connectivity index (χ3v) is 4.81. The molecule has 112 valence electrons.